The molecule has 1 aliphatic heterocycles. The van der Waals surface area contributed by atoms with Crippen molar-refractivity contribution in [1.82, 2.24) is 4.90 Å². The van der Waals surface area contributed by atoms with Crippen LogP contribution in [-0.4, -0.2) is 43.8 Å². The Labute approximate surface area is 74.9 Å². The highest BCUT2D eigenvalue weighted by Crippen LogP contribution is 2.21. The number of nitrogens with zero attached hydrogens (tertiary/aromatic N) is 1. The lowest BCUT2D eigenvalue weighted by Gasteiger charge is -2.36. The molecule has 0 spiro atoms. The molecule has 0 amide bonds. The van der Waals surface area contributed by atoms with E-state index in [0.29, 0.717) is 18.7 Å². The Balaban J connectivity index is 2.45. The fourth-order valence-electron chi connectivity index (χ4n) is 1.80. The van der Waals surface area contributed by atoms with E-state index < -0.39 is 0 Å². The van der Waals surface area contributed by atoms with Crippen molar-refractivity contribution in [2.75, 3.05) is 20.6 Å². The minimum Gasteiger partial charge on any atom is -0.374 e. The van der Waals surface area contributed by atoms with E-state index in [9.17, 15) is 0 Å². The minimum absolute atomic E-state index is 0.265. The SMILES string of the molecule is CC1CC(N(C)C)CC(CN)O1. The van der Waals surface area contributed by atoms with Crippen molar-refractivity contribution in [1.29, 1.82) is 0 Å². The predicted molar refractivity (Wildman–Crippen MR) is 50.1 cm³/mol. The second-order valence-corrected chi connectivity index (χ2v) is 3.89. The summed E-state index contributed by atoms with van der Waals surface area (Å²) in [5.74, 6) is 0. The molecule has 0 aliphatic carbocycles. The standard InChI is InChI=1S/C9H20N2O/c1-7-4-8(11(2)3)5-9(6-10)12-7/h7-9H,4-6,10H2,1-3H3. The summed E-state index contributed by atoms with van der Waals surface area (Å²) < 4.78 is 5.66. The van der Waals surface area contributed by atoms with E-state index in [-0.39, 0.29) is 6.10 Å². The molecule has 1 fully saturated rings. The summed E-state index contributed by atoms with van der Waals surface area (Å²) in [6.45, 7) is 2.77. The molecular weight excluding hydrogens is 152 g/mol. The smallest absolute Gasteiger partial charge is 0.0715 e. The van der Waals surface area contributed by atoms with E-state index >= 15 is 0 Å². The molecule has 0 bridgehead atoms. The fraction of sp³-hybridized carbons (Fsp3) is 1.00. The lowest BCUT2D eigenvalue weighted by molar-refractivity contribution is -0.0620. The maximum atomic E-state index is 5.66. The first-order valence-corrected chi connectivity index (χ1v) is 4.65. The minimum atomic E-state index is 0.265. The maximum Gasteiger partial charge on any atom is 0.0715 e. The molecule has 0 aromatic carbocycles. The van der Waals surface area contributed by atoms with Gasteiger partial charge >= 0.3 is 0 Å². The third-order valence-corrected chi connectivity index (χ3v) is 2.56. The summed E-state index contributed by atoms with van der Waals surface area (Å²) in [6, 6.07) is 0.641. The van der Waals surface area contributed by atoms with Gasteiger partial charge in [-0.05, 0) is 33.9 Å². The van der Waals surface area contributed by atoms with Gasteiger partial charge < -0.3 is 15.4 Å². The van der Waals surface area contributed by atoms with Gasteiger partial charge in [0.1, 0.15) is 0 Å². The van der Waals surface area contributed by atoms with Gasteiger partial charge in [-0.25, -0.2) is 0 Å². The maximum absolute atomic E-state index is 5.66. The summed E-state index contributed by atoms with van der Waals surface area (Å²) >= 11 is 0. The van der Waals surface area contributed by atoms with Crippen molar-refractivity contribution in [2.45, 2.75) is 38.0 Å². The Morgan fingerprint density at radius 2 is 2.08 bits per heavy atom. The molecule has 72 valence electrons. The molecule has 1 heterocycles. The molecule has 0 aromatic heterocycles. The molecule has 1 rings (SSSR count). The number of hydrogen-bond acceptors (Lipinski definition) is 3. The topological polar surface area (TPSA) is 38.5 Å². The van der Waals surface area contributed by atoms with Gasteiger partial charge in [-0.15, -0.1) is 0 Å². The molecule has 1 saturated heterocycles. The van der Waals surface area contributed by atoms with Crippen molar-refractivity contribution >= 4 is 0 Å². The highest BCUT2D eigenvalue weighted by atomic mass is 16.5. The number of ether oxygens (including phenoxy) is 1. The average molecular weight is 172 g/mol. The molecule has 12 heavy (non-hydrogen) atoms. The highest BCUT2D eigenvalue weighted by Gasteiger charge is 2.27. The zero-order valence-electron chi connectivity index (χ0n) is 8.29. The van der Waals surface area contributed by atoms with E-state index in [1.54, 1.807) is 0 Å². The second-order valence-electron chi connectivity index (χ2n) is 3.89. The van der Waals surface area contributed by atoms with Gasteiger partial charge in [0.2, 0.25) is 0 Å². The summed E-state index contributed by atoms with van der Waals surface area (Å²) in [4.78, 5) is 2.27. The Morgan fingerprint density at radius 1 is 1.42 bits per heavy atom. The van der Waals surface area contributed by atoms with Crippen molar-refractivity contribution in [3.63, 3.8) is 0 Å². The van der Waals surface area contributed by atoms with Crippen LogP contribution in [0.5, 0.6) is 0 Å². The van der Waals surface area contributed by atoms with E-state index in [4.69, 9.17) is 10.5 Å². The fourth-order valence-corrected chi connectivity index (χ4v) is 1.80. The van der Waals surface area contributed by atoms with Gasteiger partial charge in [0.05, 0.1) is 12.2 Å². The van der Waals surface area contributed by atoms with Crippen molar-refractivity contribution in [3.05, 3.63) is 0 Å². The van der Waals surface area contributed by atoms with Crippen LogP contribution in [-0.2, 0) is 4.74 Å². The van der Waals surface area contributed by atoms with Crippen LogP contribution in [0, 0.1) is 0 Å². The molecule has 0 saturated carbocycles. The molecular formula is C9H20N2O. The molecule has 3 heteroatoms. The summed E-state index contributed by atoms with van der Waals surface area (Å²) in [5, 5.41) is 0. The quantitative estimate of drug-likeness (QED) is 0.657. The first-order valence-electron chi connectivity index (χ1n) is 4.65. The van der Waals surface area contributed by atoms with Crippen LogP contribution in [0.25, 0.3) is 0 Å². The molecule has 3 unspecified atom stereocenters. The highest BCUT2D eigenvalue weighted by molar-refractivity contribution is 4.80. The van der Waals surface area contributed by atoms with Gasteiger partial charge in [0.25, 0.3) is 0 Å². The van der Waals surface area contributed by atoms with Crippen LogP contribution in [0.3, 0.4) is 0 Å². The number of nitrogens with two attached hydrogens (primary N) is 1. The lowest BCUT2D eigenvalue weighted by Crippen LogP contribution is -2.44. The molecule has 3 atom stereocenters. The summed E-state index contributed by atoms with van der Waals surface area (Å²) in [7, 11) is 4.24. The van der Waals surface area contributed by atoms with Crippen molar-refractivity contribution in [3.8, 4) is 0 Å². The van der Waals surface area contributed by atoms with Crippen LogP contribution in [0.2, 0.25) is 0 Å². The average Bonchev–Trinajstić information content (AvgIpc) is 2.03. The van der Waals surface area contributed by atoms with E-state index in [2.05, 4.69) is 25.9 Å². The van der Waals surface area contributed by atoms with Gasteiger partial charge in [-0.1, -0.05) is 0 Å². The van der Waals surface area contributed by atoms with Gasteiger partial charge in [-0.2, -0.15) is 0 Å². The third-order valence-electron chi connectivity index (χ3n) is 2.56. The lowest BCUT2D eigenvalue weighted by atomic mass is 9.98. The molecule has 2 N–H and O–H groups in total. The summed E-state index contributed by atoms with van der Waals surface area (Å²) in [5.41, 5.74) is 5.58. The Kier molecular flexibility index (Phi) is 3.50. The number of hydrogen-bond donors (Lipinski definition) is 1. The molecule has 3 nitrogen and oxygen atoms in total. The van der Waals surface area contributed by atoms with E-state index in [1.165, 1.54) is 0 Å². The zero-order chi connectivity index (χ0) is 9.14. The van der Waals surface area contributed by atoms with Crippen molar-refractivity contribution in [2.24, 2.45) is 5.73 Å². The largest absolute Gasteiger partial charge is 0.374 e. The Bertz CT molecular complexity index is 138. The van der Waals surface area contributed by atoms with Crippen LogP contribution in [0.15, 0.2) is 0 Å². The zero-order valence-corrected chi connectivity index (χ0v) is 8.29. The van der Waals surface area contributed by atoms with Crippen LogP contribution in [0.1, 0.15) is 19.8 Å². The third kappa shape index (κ3) is 2.44. The Hall–Kier alpha value is -0.120. The molecule has 0 radical (unpaired) electrons. The molecule has 1 aliphatic rings. The first kappa shape index (κ1) is 9.96. The van der Waals surface area contributed by atoms with Gasteiger partial charge in [-0.3, -0.25) is 0 Å². The monoisotopic (exact) mass is 172 g/mol. The van der Waals surface area contributed by atoms with Crippen molar-refractivity contribution < 1.29 is 4.74 Å². The summed E-state index contributed by atoms with van der Waals surface area (Å²) in [6.07, 6.45) is 2.83. The number of rotatable bonds is 2. The second kappa shape index (κ2) is 4.21. The van der Waals surface area contributed by atoms with E-state index in [0.717, 1.165) is 12.8 Å². The first-order chi connectivity index (χ1) is 5.63. The normalized spacial score (nSPS) is 37.2. The van der Waals surface area contributed by atoms with Gasteiger partial charge in [0.15, 0.2) is 0 Å². The Morgan fingerprint density at radius 3 is 2.58 bits per heavy atom. The van der Waals surface area contributed by atoms with Crippen LogP contribution >= 0.6 is 0 Å². The van der Waals surface area contributed by atoms with Gasteiger partial charge in [0, 0.05) is 12.6 Å². The molecule has 0 aromatic rings. The van der Waals surface area contributed by atoms with Crippen LogP contribution in [0.4, 0.5) is 0 Å². The predicted octanol–water partition coefficient (Wildman–Crippen LogP) is 0.443. The van der Waals surface area contributed by atoms with Crippen LogP contribution < -0.4 is 5.73 Å². The van der Waals surface area contributed by atoms with E-state index in [1.807, 2.05) is 0 Å².